The molecule has 0 N–H and O–H groups in total. The zero-order valence-corrected chi connectivity index (χ0v) is 11.6. The summed E-state index contributed by atoms with van der Waals surface area (Å²) in [6.07, 6.45) is 0. The van der Waals surface area contributed by atoms with Gasteiger partial charge in [0.25, 0.3) is 0 Å². The van der Waals surface area contributed by atoms with Gasteiger partial charge in [0.15, 0.2) is 5.78 Å². The van der Waals surface area contributed by atoms with E-state index in [9.17, 15) is 9.59 Å². The molecule has 0 aliphatic rings. The van der Waals surface area contributed by atoms with Gasteiger partial charge in [0.05, 0.1) is 17.9 Å². The molecule has 0 saturated carbocycles. The largest absolute Gasteiger partial charge is 0.465 e. The van der Waals surface area contributed by atoms with Crippen molar-refractivity contribution in [3.8, 4) is 0 Å². The zero-order valence-electron chi connectivity index (χ0n) is 10.8. The molecule has 4 heteroatoms. The number of Topliss-reactive ketones (excluding diaryl/α,β-unsaturated/α-hetero) is 1. The van der Waals surface area contributed by atoms with E-state index < -0.39 is 5.41 Å². The van der Waals surface area contributed by atoms with Crippen LogP contribution in [0.3, 0.4) is 0 Å². The third-order valence-corrected chi connectivity index (χ3v) is 3.08. The fourth-order valence-electron chi connectivity index (χ4n) is 1.58. The number of carbonyl (C=O) groups is 2. The molecule has 1 rings (SSSR count). The van der Waals surface area contributed by atoms with E-state index in [-0.39, 0.29) is 17.6 Å². The summed E-state index contributed by atoms with van der Waals surface area (Å²) in [5, 5.41) is 0. The first-order valence-electron chi connectivity index (χ1n) is 5.80. The van der Waals surface area contributed by atoms with Crippen LogP contribution in [0.25, 0.3) is 0 Å². The standard InChI is InChI=1S/C14H17ClO3/c1-4-18-13(17)14(2,3)11-7-5-10(6-8-11)12(16)9-15/h5-8H,4,9H2,1-3H3. The molecule has 18 heavy (non-hydrogen) atoms. The molecule has 0 bridgehead atoms. The monoisotopic (exact) mass is 268 g/mol. The first kappa shape index (κ1) is 14.7. The third kappa shape index (κ3) is 3.10. The van der Waals surface area contributed by atoms with Crippen LogP contribution in [0.1, 0.15) is 36.7 Å². The minimum absolute atomic E-state index is 0.0411. The molecule has 0 spiro atoms. The van der Waals surface area contributed by atoms with E-state index in [0.29, 0.717) is 12.2 Å². The van der Waals surface area contributed by atoms with E-state index in [2.05, 4.69) is 0 Å². The average Bonchev–Trinajstić information content (AvgIpc) is 2.38. The Morgan fingerprint density at radius 1 is 1.22 bits per heavy atom. The van der Waals surface area contributed by atoms with Gasteiger partial charge in [-0.1, -0.05) is 24.3 Å². The summed E-state index contributed by atoms with van der Waals surface area (Å²) in [6, 6.07) is 6.88. The lowest BCUT2D eigenvalue weighted by atomic mass is 9.84. The molecule has 0 aromatic heterocycles. The number of alkyl halides is 1. The van der Waals surface area contributed by atoms with Crippen LogP contribution in [0.5, 0.6) is 0 Å². The Kier molecular flexibility index (Phi) is 4.91. The van der Waals surface area contributed by atoms with E-state index in [1.54, 1.807) is 45.0 Å². The number of esters is 1. The Morgan fingerprint density at radius 2 is 1.78 bits per heavy atom. The zero-order chi connectivity index (χ0) is 13.8. The van der Waals surface area contributed by atoms with Crippen LogP contribution < -0.4 is 0 Å². The van der Waals surface area contributed by atoms with Crippen molar-refractivity contribution in [2.45, 2.75) is 26.2 Å². The molecule has 3 nitrogen and oxygen atoms in total. The second-order valence-corrected chi connectivity index (χ2v) is 4.75. The van der Waals surface area contributed by atoms with E-state index in [1.165, 1.54) is 0 Å². The molecule has 0 saturated heterocycles. The van der Waals surface area contributed by atoms with E-state index in [0.717, 1.165) is 5.56 Å². The van der Waals surface area contributed by atoms with Crippen LogP contribution in [-0.2, 0) is 14.9 Å². The summed E-state index contributed by atoms with van der Waals surface area (Å²) >= 11 is 5.48. The van der Waals surface area contributed by atoms with Crippen molar-refractivity contribution in [3.63, 3.8) is 0 Å². The molecule has 1 aromatic rings. The van der Waals surface area contributed by atoms with E-state index in [1.807, 2.05) is 0 Å². The third-order valence-electron chi connectivity index (χ3n) is 2.84. The number of ether oxygens (including phenoxy) is 1. The van der Waals surface area contributed by atoms with Gasteiger partial charge in [0.2, 0.25) is 0 Å². The van der Waals surface area contributed by atoms with Gasteiger partial charge in [-0.3, -0.25) is 9.59 Å². The van der Waals surface area contributed by atoms with Gasteiger partial charge >= 0.3 is 5.97 Å². The summed E-state index contributed by atoms with van der Waals surface area (Å²) in [5.41, 5.74) is 0.638. The highest BCUT2D eigenvalue weighted by molar-refractivity contribution is 6.30. The molecule has 0 radical (unpaired) electrons. The van der Waals surface area contributed by atoms with Crippen LogP contribution in [0, 0.1) is 0 Å². The minimum atomic E-state index is -0.724. The molecular formula is C14H17ClO3. The lowest BCUT2D eigenvalue weighted by Crippen LogP contribution is -2.31. The van der Waals surface area contributed by atoms with Crippen LogP contribution in [0.2, 0.25) is 0 Å². The fraction of sp³-hybridized carbons (Fsp3) is 0.429. The Hall–Kier alpha value is -1.35. The van der Waals surface area contributed by atoms with Crippen molar-refractivity contribution in [2.75, 3.05) is 12.5 Å². The van der Waals surface area contributed by atoms with Crippen LogP contribution in [-0.4, -0.2) is 24.2 Å². The molecular weight excluding hydrogens is 252 g/mol. The summed E-state index contributed by atoms with van der Waals surface area (Å²) < 4.78 is 5.03. The summed E-state index contributed by atoms with van der Waals surface area (Å²) in [5.74, 6) is -0.445. The maximum absolute atomic E-state index is 11.8. The van der Waals surface area contributed by atoms with Gasteiger partial charge in [-0.15, -0.1) is 11.6 Å². The number of rotatable bonds is 5. The molecule has 0 amide bonds. The van der Waals surface area contributed by atoms with Crippen molar-refractivity contribution in [1.82, 2.24) is 0 Å². The fourth-order valence-corrected chi connectivity index (χ4v) is 1.73. The summed E-state index contributed by atoms with van der Waals surface area (Å²) in [6.45, 7) is 5.72. The van der Waals surface area contributed by atoms with Crippen LogP contribution in [0.15, 0.2) is 24.3 Å². The Morgan fingerprint density at radius 3 is 2.22 bits per heavy atom. The summed E-state index contributed by atoms with van der Waals surface area (Å²) in [4.78, 5) is 23.2. The lowest BCUT2D eigenvalue weighted by Gasteiger charge is -2.22. The number of ketones is 1. The van der Waals surface area contributed by atoms with Gasteiger partial charge in [-0.2, -0.15) is 0 Å². The smallest absolute Gasteiger partial charge is 0.315 e. The van der Waals surface area contributed by atoms with Gasteiger partial charge in [-0.05, 0) is 26.3 Å². The van der Waals surface area contributed by atoms with Gasteiger partial charge < -0.3 is 4.74 Å². The van der Waals surface area contributed by atoms with Crippen LogP contribution >= 0.6 is 11.6 Å². The SMILES string of the molecule is CCOC(=O)C(C)(C)c1ccc(C(=O)CCl)cc1. The molecule has 0 aliphatic carbocycles. The van der Waals surface area contributed by atoms with Crippen molar-refractivity contribution in [3.05, 3.63) is 35.4 Å². The van der Waals surface area contributed by atoms with Gasteiger partial charge in [-0.25, -0.2) is 0 Å². The first-order chi connectivity index (χ1) is 8.43. The minimum Gasteiger partial charge on any atom is -0.465 e. The molecule has 0 unspecified atom stereocenters. The normalized spacial score (nSPS) is 11.1. The molecule has 1 aromatic carbocycles. The molecule has 0 atom stereocenters. The van der Waals surface area contributed by atoms with Crippen molar-refractivity contribution in [1.29, 1.82) is 0 Å². The Bertz CT molecular complexity index is 435. The quantitative estimate of drug-likeness (QED) is 0.468. The van der Waals surface area contributed by atoms with Crippen LogP contribution in [0.4, 0.5) is 0 Å². The highest BCUT2D eigenvalue weighted by atomic mass is 35.5. The van der Waals surface area contributed by atoms with Crippen molar-refractivity contribution in [2.24, 2.45) is 0 Å². The highest BCUT2D eigenvalue weighted by Crippen LogP contribution is 2.25. The second-order valence-electron chi connectivity index (χ2n) is 4.48. The number of carbonyl (C=O) groups excluding carboxylic acids is 2. The van der Waals surface area contributed by atoms with E-state index >= 15 is 0 Å². The predicted molar refractivity (Wildman–Crippen MR) is 71.2 cm³/mol. The Labute approximate surface area is 112 Å². The van der Waals surface area contributed by atoms with E-state index in [4.69, 9.17) is 16.3 Å². The maximum Gasteiger partial charge on any atom is 0.315 e. The van der Waals surface area contributed by atoms with Gasteiger partial charge in [0.1, 0.15) is 0 Å². The predicted octanol–water partition coefficient (Wildman–Crippen LogP) is 2.95. The maximum atomic E-state index is 11.8. The lowest BCUT2D eigenvalue weighted by molar-refractivity contribution is -0.148. The molecule has 98 valence electrons. The van der Waals surface area contributed by atoms with Gasteiger partial charge in [0, 0.05) is 5.56 Å². The number of halogens is 1. The van der Waals surface area contributed by atoms with Crippen molar-refractivity contribution >= 4 is 23.4 Å². The topological polar surface area (TPSA) is 43.4 Å². The highest BCUT2D eigenvalue weighted by Gasteiger charge is 2.31. The molecule has 0 heterocycles. The number of benzene rings is 1. The summed E-state index contributed by atoms with van der Waals surface area (Å²) in [7, 11) is 0. The molecule has 0 fully saturated rings. The second kappa shape index (κ2) is 6.01. The average molecular weight is 269 g/mol. The van der Waals surface area contributed by atoms with Crippen molar-refractivity contribution < 1.29 is 14.3 Å². The molecule has 0 aliphatic heterocycles. The Balaban J connectivity index is 2.97. The number of hydrogen-bond acceptors (Lipinski definition) is 3. The first-order valence-corrected chi connectivity index (χ1v) is 6.33. The number of hydrogen-bond donors (Lipinski definition) is 0.